The lowest BCUT2D eigenvalue weighted by molar-refractivity contribution is 0.0948. The Bertz CT molecular complexity index is 1120. The summed E-state index contributed by atoms with van der Waals surface area (Å²) in [4.78, 5) is 29.3. The summed E-state index contributed by atoms with van der Waals surface area (Å²) in [5.41, 5.74) is 5.38. The van der Waals surface area contributed by atoms with Crippen LogP contribution in [0.25, 0.3) is 0 Å². The maximum Gasteiger partial charge on any atom is 0.255 e. The van der Waals surface area contributed by atoms with Crippen molar-refractivity contribution in [3.05, 3.63) is 88.2 Å². The molecule has 0 saturated heterocycles. The molecule has 0 aliphatic rings. The van der Waals surface area contributed by atoms with Gasteiger partial charge in [-0.3, -0.25) is 14.6 Å². The molecule has 1 heterocycles. The second-order valence-corrected chi connectivity index (χ2v) is 8.68. The van der Waals surface area contributed by atoms with E-state index in [1.807, 2.05) is 58.9 Å². The third-order valence-corrected chi connectivity index (χ3v) is 5.24. The lowest BCUT2D eigenvalue weighted by atomic mass is 10.0. The van der Waals surface area contributed by atoms with Crippen LogP contribution in [0.4, 0.5) is 5.69 Å². The number of benzene rings is 2. The quantitative estimate of drug-likeness (QED) is 0.498. The highest BCUT2D eigenvalue weighted by molar-refractivity contribution is 6.05. The van der Waals surface area contributed by atoms with Crippen molar-refractivity contribution in [3.63, 3.8) is 0 Å². The molecule has 0 unspecified atom stereocenters. The van der Waals surface area contributed by atoms with Crippen molar-refractivity contribution in [2.75, 3.05) is 11.9 Å². The first-order valence-electron chi connectivity index (χ1n) is 11.1. The first kappa shape index (κ1) is 24.0. The molecule has 3 rings (SSSR count). The minimum atomic E-state index is -0.208. The molecular formula is C27H31N3O3. The van der Waals surface area contributed by atoms with Gasteiger partial charge in [0.05, 0.1) is 0 Å². The largest absolute Gasteiger partial charge is 0.488 e. The zero-order valence-corrected chi connectivity index (χ0v) is 19.9. The van der Waals surface area contributed by atoms with Crippen molar-refractivity contribution in [3.8, 4) is 5.75 Å². The number of carbonyl (C=O) groups is 2. The third-order valence-electron chi connectivity index (χ3n) is 5.24. The molecule has 2 amide bonds. The molecule has 0 atom stereocenters. The van der Waals surface area contributed by atoms with Gasteiger partial charge in [-0.2, -0.15) is 0 Å². The number of nitrogens with one attached hydrogen (secondary N) is 2. The summed E-state index contributed by atoms with van der Waals surface area (Å²) in [7, 11) is 0. The van der Waals surface area contributed by atoms with E-state index in [0.29, 0.717) is 35.9 Å². The van der Waals surface area contributed by atoms with Gasteiger partial charge in [0, 0.05) is 41.3 Å². The van der Waals surface area contributed by atoms with Gasteiger partial charge in [0.1, 0.15) is 12.4 Å². The van der Waals surface area contributed by atoms with E-state index < -0.39 is 0 Å². The van der Waals surface area contributed by atoms with Crippen LogP contribution in [-0.2, 0) is 6.61 Å². The molecule has 0 aliphatic heterocycles. The van der Waals surface area contributed by atoms with Crippen molar-refractivity contribution in [1.29, 1.82) is 0 Å². The standard InChI is InChI=1S/C27H31N3O3/c1-17(2)14-29-26(31)22-8-9-24(18(3)11-22)30-27(32)23-12-19(4)25(20(5)13-23)33-16-21-7-6-10-28-15-21/h6-13,15,17H,14,16H2,1-5H3,(H,29,31)(H,30,32). The van der Waals surface area contributed by atoms with Crippen LogP contribution in [0.15, 0.2) is 54.9 Å². The molecule has 6 heteroatoms. The van der Waals surface area contributed by atoms with Crippen LogP contribution >= 0.6 is 0 Å². The minimum absolute atomic E-state index is 0.113. The summed E-state index contributed by atoms with van der Waals surface area (Å²) >= 11 is 0. The summed E-state index contributed by atoms with van der Waals surface area (Å²) in [6, 6.07) is 12.8. The van der Waals surface area contributed by atoms with E-state index in [1.165, 1.54) is 0 Å². The topological polar surface area (TPSA) is 80.3 Å². The van der Waals surface area contributed by atoms with Gasteiger partial charge in [-0.25, -0.2) is 0 Å². The van der Waals surface area contributed by atoms with E-state index in [4.69, 9.17) is 4.74 Å². The zero-order chi connectivity index (χ0) is 24.0. The fourth-order valence-electron chi connectivity index (χ4n) is 3.49. The highest BCUT2D eigenvalue weighted by Gasteiger charge is 2.14. The number of carbonyl (C=O) groups excluding carboxylic acids is 2. The molecule has 3 aromatic rings. The summed E-state index contributed by atoms with van der Waals surface area (Å²) < 4.78 is 5.99. The molecule has 2 N–H and O–H groups in total. The lowest BCUT2D eigenvalue weighted by Crippen LogP contribution is -2.27. The van der Waals surface area contributed by atoms with Gasteiger partial charge in [0.25, 0.3) is 11.8 Å². The number of hydrogen-bond donors (Lipinski definition) is 2. The van der Waals surface area contributed by atoms with Crippen LogP contribution in [0.2, 0.25) is 0 Å². The number of ether oxygens (including phenoxy) is 1. The van der Waals surface area contributed by atoms with E-state index in [-0.39, 0.29) is 11.8 Å². The number of pyridine rings is 1. The van der Waals surface area contributed by atoms with Crippen LogP contribution < -0.4 is 15.4 Å². The fraction of sp³-hybridized carbons (Fsp3) is 0.296. The van der Waals surface area contributed by atoms with E-state index >= 15 is 0 Å². The predicted octanol–water partition coefficient (Wildman–Crippen LogP) is 5.22. The van der Waals surface area contributed by atoms with Crippen molar-refractivity contribution in [2.24, 2.45) is 5.92 Å². The molecule has 0 bridgehead atoms. The van der Waals surface area contributed by atoms with Crippen LogP contribution in [-0.4, -0.2) is 23.3 Å². The summed E-state index contributed by atoms with van der Waals surface area (Å²) in [6.07, 6.45) is 3.50. The molecule has 6 nitrogen and oxygen atoms in total. The SMILES string of the molecule is Cc1cc(C(=O)NCC(C)C)ccc1NC(=O)c1cc(C)c(OCc2cccnc2)c(C)c1. The monoisotopic (exact) mass is 445 g/mol. The average Bonchev–Trinajstić information content (AvgIpc) is 2.78. The molecule has 33 heavy (non-hydrogen) atoms. The molecular weight excluding hydrogens is 414 g/mol. The van der Waals surface area contributed by atoms with Gasteiger partial charge < -0.3 is 15.4 Å². The zero-order valence-electron chi connectivity index (χ0n) is 19.9. The van der Waals surface area contributed by atoms with Crippen LogP contribution in [0.3, 0.4) is 0 Å². The van der Waals surface area contributed by atoms with Gasteiger partial charge in [0.2, 0.25) is 0 Å². The van der Waals surface area contributed by atoms with Crippen LogP contribution in [0.5, 0.6) is 5.75 Å². The maximum atomic E-state index is 12.9. The summed E-state index contributed by atoms with van der Waals surface area (Å²) in [6.45, 7) is 10.9. The minimum Gasteiger partial charge on any atom is -0.488 e. The first-order valence-corrected chi connectivity index (χ1v) is 11.1. The highest BCUT2D eigenvalue weighted by atomic mass is 16.5. The Labute approximate surface area is 195 Å². The highest BCUT2D eigenvalue weighted by Crippen LogP contribution is 2.27. The summed E-state index contributed by atoms with van der Waals surface area (Å²) in [5.74, 6) is 0.828. The number of rotatable bonds is 8. The molecule has 0 spiro atoms. The Morgan fingerprint density at radius 1 is 0.939 bits per heavy atom. The van der Waals surface area contributed by atoms with Gasteiger partial charge in [-0.05, 0) is 79.8 Å². The van der Waals surface area contributed by atoms with E-state index in [2.05, 4.69) is 15.6 Å². The first-order chi connectivity index (χ1) is 15.7. The molecule has 172 valence electrons. The fourth-order valence-corrected chi connectivity index (χ4v) is 3.49. The van der Waals surface area contributed by atoms with Crippen molar-refractivity contribution < 1.29 is 14.3 Å². The summed E-state index contributed by atoms with van der Waals surface area (Å²) in [5, 5.41) is 5.86. The Morgan fingerprint density at radius 2 is 1.64 bits per heavy atom. The molecule has 0 saturated carbocycles. The van der Waals surface area contributed by atoms with Crippen molar-refractivity contribution in [1.82, 2.24) is 10.3 Å². The molecule has 2 aromatic carbocycles. The Balaban J connectivity index is 1.69. The number of anilines is 1. The van der Waals surface area contributed by atoms with E-state index in [0.717, 1.165) is 28.0 Å². The number of aromatic nitrogens is 1. The third kappa shape index (κ3) is 6.42. The number of hydrogen-bond acceptors (Lipinski definition) is 4. The predicted molar refractivity (Wildman–Crippen MR) is 131 cm³/mol. The number of nitrogens with zero attached hydrogens (tertiary/aromatic N) is 1. The second kappa shape index (κ2) is 10.8. The van der Waals surface area contributed by atoms with Crippen LogP contribution in [0, 0.1) is 26.7 Å². The average molecular weight is 446 g/mol. The van der Waals surface area contributed by atoms with Crippen molar-refractivity contribution in [2.45, 2.75) is 41.2 Å². The maximum absolute atomic E-state index is 12.9. The van der Waals surface area contributed by atoms with Gasteiger partial charge >= 0.3 is 0 Å². The van der Waals surface area contributed by atoms with E-state index in [1.54, 1.807) is 30.6 Å². The smallest absolute Gasteiger partial charge is 0.255 e. The molecule has 0 radical (unpaired) electrons. The van der Waals surface area contributed by atoms with Crippen molar-refractivity contribution >= 4 is 17.5 Å². The Hall–Kier alpha value is -3.67. The normalized spacial score (nSPS) is 10.7. The Morgan fingerprint density at radius 3 is 2.24 bits per heavy atom. The van der Waals surface area contributed by atoms with Gasteiger partial charge in [-0.1, -0.05) is 19.9 Å². The van der Waals surface area contributed by atoms with E-state index in [9.17, 15) is 9.59 Å². The number of aryl methyl sites for hydroxylation is 3. The molecule has 0 fully saturated rings. The number of amides is 2. The van der Waals surface area contributed by atoms with Gasteiger partial charge in [-0.15, -0.1) is 0 Å². The lowest BCUT2D eigenvalue weighted by Gasteiger charge is -2.15. The Kier molecular flexibility index (Phi) is 7.83. The second-order valence-electron chi connectivity index (χ2n) is 8.68. The van der Waals surface area contributed by atoms with Gasteiger partial charge in [0.15, 0.2) is 0 Å². The molecule has 0 aliphatic carbocycles. The molecule has 1 aromatic heterocycles. The van der Waals surface area contributed by atoms with Crippen LogP contribution in [0.1, 0.15) is 56.8 Å².